The molecule has 3 atom stereocenters. The van der Waals surface area contributed by atoms with E-state index >= 15 is 0 Å². The van der Waals surface area contributed by atoms with E-state index in [0.29, 0.717) is 5.92 Å². The van der Waals surface area contributed by atoms with E-state index in [1.165, 1.54) is 12.8 Å². The topological polar surface area (TPSA) is 37.3 Å². The van der Waals surface area contributed by atoms with Crippen LogP contribution in [0.2, 0.25) is 0 Å². The first-order valence-electron chi connectivity index (χ1n) is 3.52. The molecule has 0 spiro atoms. The SMILES string of the molecule is O=C(O)[C@@H]1CCC2C[C@@H]21. The average Bonchev–Trinajstić information content (AvgIpc) is 2.43. The minimum atomic E-state index is -0.569. The Balaban J connectivity index is 2.06. The van der Waals surface area contributed by atoms with Gasteiger partial charge in [0.15, 0.2) is 0 Å². The highest BCUT2D eigenvalue weighted by Crippen LogP contribution is 2.55. The first-order valence-corrected chi connectivity index (χ1v) is 3.52. The second-order valence-corrected chi connectivity index (χ2v) is 3.18. The quantitative estimate of drug-likeness (QED) is 0.571. The van der Waals surface area contributed by atoms with Crippen molar-refractivity contribution in [3.8, 4) is 0 Å². The largest absolute Gasteiger partial charge is 0.481 e. The summed E-state index contributed by atoms with van der Waals surface area (Å²) in [6, 6.07) is 0. The molecule has 2 fully saturated rings. The molecule has 0 aromatic carbocycles. The first kappa shape index (κ1) is 5.27. The fourth-order valence-corrected chi connectivity index (χ4v) is 2.01. The van der Waals surface area contributed by atoms with Crippen molar-refractivity contribution in [2.24, 2.45) is 17.8 Å². The number of carboxylic acid groups (broad SMARTS) is 1. The molecule has 2 heteroatoms. The Morgan fingerprint density at radius 2 is 2.22 bits per heavy atom. The third kappa shape index (κ3) is 0.655. The van der Waals surface area contributed by atoms with Crippen LogP contribution in [0.15, 0.2) is 0 Å². The van der Waals surface area contributed by atoms with Crippen LogP contribution in [-0.2, 0) is 4.79 Å². The van der Waals surface area contributed by atoms with Crippen molar-refractivity contribution in [3.05, 3.63) is 0 Å². The lowest BCUT2D eigenvalue weighted by molar-refractivity contribution is -0.142. The van der Waals surface area contributed by atoms with Gasteiger partial charge in [-0.25, -0.2) is 0 Å². The molecule has 0 bridgehead atoms. The normalized spacial score (nSPS) is 46.4. The molecule has 0 aromatic heterocycles. The maximum Gasteiger partial charge on any atom is 0.306 e. The minimum absolute atomic E-state index is 0.0231. The second-order valence-electron chi connectivity index (χ2n) is 3.18. The number of carboxylic acids is 1. The number of carbonyl (C=O) groups is 1. The number of rotatable bonds is 1. The second kappa shape index (κ2) is 1.49. The summed E-state index contributed by atoms with van der Waals surface area (Å²) in [6.07, 6.45) is 3.29. The van der Waals surface area contributed by atoms with Crippen LogP contribution in [0.3, 0.4) is 0 Å². The lowest BCUT2D eigenvalue weighted by atomic mass is 10.0. The molecule has 0 radical (unpaired) electrons. The lowest BCUT2D eigenvalue weighted by Crippen LogP contribution is -2.12. The number of aliphatic carboxylic acids is 1. The van der Waals surface area contributed by atoms with Gasteiger partial charge >= 0.3 is 5.97 Å². The minimum Gasteiger partial charge on any atom is -0.481 e. The van der Waals surface area contributed by atoms with Crippen LogP contribution < -0.4 is 0 Å². The van der Waals surface area contributed by atoms with Gasteiger partial charge in [-0.05, 0) is 31.1 Å². The molecule has 0 aliphatic heterocycles. The molecular weight excluding hydrogens is 116 g/mol. The standard InChI is InChI=1S/C7H10O2/c8-7(9)5-2-1-4-3-6(4)5/h4-6H,1-3H2,(H,8,9)/t4?,5-,6+/m1/s1. The molecule has 2 aliphatic carbocycles. The van der Waals surface area contributed by atoms with Gasteiger partial charge < -0.3 is 5.11 Å². The van der Waals surface area contributed by atoms with E-state index in [4.69, 9.17) is 5.11 Å². The molecular formula is C7H10O2. The fraction of sp³-hybridized carbons (Fsp3) is 0.857. The number of hydrogen-bond donors (Lipinski definition) is 1. The monoisotopic (exact) mass is 126 g/mol. The van der Waals surface area contributed by atoms with E-state index in [-0.39, 0.29) is 5.92 Å². The molecule has 2 aliphatic rings. The zero-order valence-electron chi connectivity index (χ0n) is 5.21. The Hall–Kier alpha value is -0.530. The maximum absolute atomic E-state index is 10.4. The zero-order valence-corrected chi connectivity index (χ0v) is 5.21. The Kier molecular flexibility index (Phi) is 0.875. The molecule has 1 unspecified atom stereocenters. The van der Waals surface area contributed by atoms with Crippen LogP contribution >= 0.6 is 0 Å². The van der Waals surface area contributed by atoms with Crippen LogP contribution in [0.1, 0.15) is 19.3 Å². The van der Waals surface area contributed by atoms with Gasteiger partial charge in [-0.15, -0.1) is 0 Å². The highest BCUT2D eigenvalue weighted by atomic mass is 16.4. The fourth-order valence-electron chi connectivity index (χ4n) is 2.01. The first-order chi connectivity index (χ1) is 4.29. The Morgan fingerprint density at radius 3 is 2.44 bits per heavy atom. The third-order valence-electron chi connectivity index (χ3n) is 2.66. The molecule has 0 saturated heterocycles. The Labute approximate surface area is 53.9 Å². The molecule has 0 aromatic rings. The highest BCUT2D eigenvalue weighted by Gasteiger charge is 2.50. The highest BCUT2D eigenvalue weighted by molar-refractivity contribution is 5.71. The third-order valence-corrected chi connectivity index (χ3v) is 2.66. The molecule has 9 heavy (non-hydrogen) atoms. The smallest absolute Gasteiger partial charge is 0.306 e. The summed E-state index contributed by atoms with van der Waals surface area (Å²) in [5.41, 5.74) is 0. The molecule has 50 valence electrons. The van der Waals surface area contributed by atoms with E-state index in [0.717, 1.165) is 12.3 Å². The van der Waals surface area contributed by atoms with Crippen molar-refractivity contribution < 1.29 is 9.90 Å². The van der Waals surface area contributed by atoms with Crippen molar-refractivity contribution >= 4 is 5.97 Å². The summed E-state index contributed by atoms with van der Waals surface area (Å²) < 4.78 is 0. The van der Waals surface area contributed by atoms with Crippen molar-refractivity contribution in [1.29, 1.82) is 0 Å². The Morgan fingerprint density at radius 1 is 1.44 bits per heavy atom. The van der Waals surface area contributed by atoms with Crippen molar-refractivity contribution in [1.82, 2.24) is 0 Å². The summed E-state index contributed by atoms with van der Waals surface area (Å²) >= 11 is 0. The van der Waals surface area contributed by atoms with Gasteiger partial charge in [0.2, 0.25) is 0 Å². The van der Waals surface area contributed by atoms with E-state index < -0.39 is 5.97 Å². The van der Waals surface area contributed by atoms with E-state index in [1.54, 1.807) is 0 Å². The average molecular weight is 126 g/mol. The van der Waals surface area contributed by atoms with E-state index in [1.807, 2.05) is 0 Å². The molecule has 1 N–H and O–H groups in total. The number of hydrogen-bond acceptors (Lipinski definition) is 1. The molecule has 2 rings (SSSR count). The van der Waals surface area contributed by atoms with Gasteiger partial charge in [-0.2, -0.15) is 0 Å². The van der Waals surface area contributed by atoms with Crippen LogP contribution in [0, 0.1) is 17.8 Å². The molecule has 0 amide bonds. The van der Waals surface area contributed by atoms with Crippen LogP contribution in [0.4, 0.5) is 0 Å². The summed E-state index contributed by atoms with van der Waals surface area (Å²) in [6.45, 7) is 0. The summed E-state index contributed by atoms with van der Waals surface area (Å²) in [7, 11) is 0. The number of fused-ring (bicyclic) bond motifs is 1. The van der Waals surface area contributed by atoms with Crippen molar-refractivity contribution in [2.45, 2.75) is 19.3 Å². The Bertz CT molecular complexity index is 153. The van der Waals surface area contributed by atoms with Crippen molar-refractivity contribution in [2.75, 3.05) is 0 Å². The maximum atomic E-state index is 10.4. The van der Waals surface area contributed by atoms with Crippen molar-refractivity contribution in [3.63, 3.8) is 0 Å². The van der Waals surface area contributed by atoms with Gasteiger partial charge in [0.25, 0.3) is 0 Å². The van der Waals surface area contributed by atoms with Gasteiger partial charge in [0.1, 0.15) is 0 Å². The van der Waals surface area contributed by atoms with Gasteiger partial charge in [0.05, 0.1) is 5.92 Å². The summed E-state index contributed by atoms with van der Waals surface area (Å²) in [5.74, 6) is 0.823. The molecule has 0 heterocycles. The lowest BCUT2D eigenvalue weighted by Gasteiger charge is -2.02. The van der Waals surface area contributed by atoms with E-state index in [9.17, 15) is 4.79 Å². The predicted octanol–water partition coefficient (Wildman–Crippen LogP) is 1.12. The van der Waals surface area contributed by atoms with E-state index in [2.05, 4.69) is 0 Å². The van der Waals surface area contributed by atoms with Crippen LogP contribution in [0.5, 0.6) is 0 Å². The molecule has 2 saturated carbocycles. The predicted molar refractivity (Wildman–Crippen MR) is 32.0 cm³/mol. The van der Waals surface area contributed by atoms with Gasteiger partial charge in [-0.1, -0.05) is 0 Å². The van der Waals surface area contributed by atoms with Gasteiger partial charge in [-0.3, -0.25) is 4.79 Å². The summed E-state index contributed by atoms with van der Waals surface area (Å²) in [4.78, 5) is 10.4. The van der Waals surface area contributed by atoms with Gasteiger partial charge in [0, 0.05) is 0 Å². The van der Waals surface area contributed by atoms with Crippen LogP contribution in [0.25, 0.3) is 0 Å². The zero-order chi connectivity index (χ0) is 6.43. The molecule has 2 nitrogen and oxygen atoms in total. The summed E-state index contributed by atoms with van der Waals surface area (Å²) in [5, 5.41) is 8.61. The van der Waals surface area contributed by atoms with Crippen LogP contribution in [-0.4, -0.2) is 11.1 Å².